The van der Waals surface area contributed by atoms with E-state index in [9.17, 15) is 4.79 Å². The summed E-state index contributed by atoms with van der Waals surface area (Å²) in [5.41, 5.74) is 1.29. The van der Waals surface area contributed by atoms with Crippen LogP contribution in [-0.4, -0.2) is 79.2 Å². The number of amides is 1. The van der Waals surface area contributed by atoms with Crippen molar-refractivity contribution in [1.29, 1.82) is 0 Å². The van der Waals surface area contributed by atoms with Crippen molar-refractivity contribution < 1.29 is 19.0 Å². The molecule has 0 N–H and O–H groups in total. The lowest BCUT2D eigenvalue weighted by atomic mass is 10.0. The molecule has 0 radical (unpaired) electrons. The lowest BCUT2D eigenvalue weighted by Gasteiger charge is -2.37. The largest absolute Gasteiger partial charge is 0.378 e. The highest BCUT2D eigenvalue weighted by Gasteiger charge is 2.41. The summed E-state index contributed by atoms with van der Waals surface area (Å²) < 4.78 is 16.8. The zero-order chi connectivity index (χ0) is 17.3. The third kappa shape index (κ3) is 3.33. The predicted molar refractivity (Wildman–Crippen MR) is 89.6 cm³/mol. The number of hydrogen-bond donors (Lipinski definition) is 0. The normalized spacial score (nSPS) is 23.2. The molecule has 0 atom stereocenters. The van der Waals surface area contributed by atoms with Gasteiger partial charge in [-0.1, -0.05) is 0 Å². The molecule has 1 spiro atoms. The lowest BCUT2D eigenvalue weighted by molar-refractivity contribution is -0.181. The SMILES string of the molecule is Cc1nc(N2CCOCC2)ncc1C(=O)N1CCC2(CC1)OCCO2. The van der Waals surface area contributed by atoms with Crippen molar-refractivity contribution in [3.8, 4) is 0 Å². The number of anilines is 1. The summed E-state index contributed by atoms with van der Waals surface area (Å²) in [6, 6.07) is 0. The number of carbonyl (C=O) groups excluding carboxylic acids is 1. The molecule has 1 aromatic heterocycles. The monoisotopic (exact) mass is 348 g/mol. The molecule has 3 aliphatic heterocycles. The van der Waals surface area contributed by atoms with Crippen LogP contribution < -0.4 is 4.90 Å². The maximum Gasteiger partial charge on any atom is 0.257 e. The maximum atomic E-state index is 12.8. The average molecular weight is 348 g/mol. The molecule has 0 aliphatic carbocycles. The fraction of sp³-hybridized carbons (Fsp3) is 0.706. The Bertz CT molecular complexity index is 632. The van der Waals surface area contributed by atoms with Crippen LogP contribution in [0, 0.1) is 6.92 Å². The van der Waals surface area contributed by atoms with E-state index in [0.29, 0.717) is 63.9 Å². The van der Waals surface area contributed by atoms with Crippen LogP contribution in [-0.2, 0) is 14.2 Å². The number of nitrogens with zero attached hydrogens (tertiary/aromatic N) is 4. The minimum atomic E-state index is -0.470. The third-order valence-electron chi connectivity index (χ3n) is 5.12. The van der Waals surface area contributed by atoms with E-state index < -0.39 is 5.79 Å². The standard InChI is InChI=1S/C17H24N4O4/c1-13-14(12-18-16(19-13)21-6-8-23-9-7-21)15(22)20-4-2-17(3-5-20)24-10-11-25-17/h12H,2-11H2,1H3. The number of rotatable bonds is 2. The van der Waals surface area contributed by atoms with Crippen LogP contribution in [0.25, 0.3) is 0 Å². The highest BCUT2D eigenvalue weighted by Crippen LogP contribution is 2.31. The van der Waals surface area contributed by atoms with E-state index >= 15 is 0 Å². The quantitative estimate of drug-likeness (QED) is 0.774. The Hall–Kier alpha value is -1.77. The van der Waals surface area contributed by atoms with Gasteiger partial charge in [0.1, 0.15) is 0 Å². The molecule has 0 bridgehead atoms. The third-order valence-corrected chi connectivity index (χ3v) is 5.12. The van der Waals surface area contributed by atoms with E-state index in [1.807, 2.05) is 11.8 Å². The van der Waals surface area contributed by atoms with Crippen molar-refractivity contribution in [2.24, 2.45) is 0 Å². The fourth-order valence-electron chi connectivity index (χ4n) is 3.59. The van der Waals surface area contributed by atoms with Gasteiger partial charge in [0.05, 0.1) is 37.7 Å². The zero-order valence-electron chi connectivity index (χ0n) is 14.6. The Morgan fingerprint density at radius 3 is 2.40 bits per heavy atom. The average Bonchev–Trinajstić information content (AvgIpc) is 3.10. The molecule has 8 nitrogen and oxygen atoms in total. The summed E-state index contributed by atoms with van der Waals surface area (Å²) >= 11 is 0. The van der Waals surface area contributed by atoms with E-state index in [1.165, 1.54) is 0 Å². The van der Waals surface area contributed by atoms with Gasteiger partial charge in [-0.3, -0.25) is 4.79 Å². The van der Waals surface area contributed by atoms with Crippen LogP contribution in [0.2, 0.25) is 0 Å². The molecule has 4 rings (SSSR count). The number of ether oxygens (including phenoxy) is 3. The first-order valence-corrected chi connectivity index (χ1v) is 8.90. The molecule has 3 fully saturated rings. The fourth-order valence-corrected chi connectivity index (χ4v) is 3.59. The Balaban J connectivity index is 1.43. The van der Waals surface area contributed by atoms with Gasteiger partial charge < -0.3 is 24.0 Å². The smallest absolute Gasteiger partial charge is 0.257 e. The van der Waals surface area contributed by atoms with Crippen LogP contribution in [0.15, 0.2) is 6.20 Å². The van der Waals surface area contributed by atoms with Gasteiger partial charge in [-0.15, -0.1) is 0 Å². The Labute approximate surface area is 147 Å². The zero-order valence-corrected chi connectivity index (χ0v) is 14.6. The number of aryl methyl sites for hydroxylation is 1. The van der Waals surface area contributed by atoms with Gasteiger partial charge in [-0.25, -0.2) is 9.97 Å². The molecule has 0 aromatic carbocycles. The van der Waals surface area contributed by atoms with Crippen molar-refractivity contribution in [1.82, 2.24) is 14.9 Å². The molecule has 0 saturated carbocycles. The van der Waals surface area contributed by atoms with Crippen molar-refractivity contribution in [3.05, 3.63) is 17.5 Å². The molecule has 3 aliphatic rings. The Kier molecular flexibility index (Phi) is 4.58. The molecule has 0 unspecified atom stereocenters. The molecule has 8 heteroatoms. The molecule has 3 saturated heterocycles. The number of aromatic nitrogens is 2. The minimum Gasteiger partial charge on any atom is -0.378 e. The summed E-state index contributed by atoms with van der Waals surface area (Å²) in [5, 5.41) is 0. The topological polar surface area (TPSA) is 77.0 Å². The molecular formula is C17H24N4O4. The van der Waals surface area contributed by atoms with Crippen molar-refractivity contribution in [2.45, 2.75) is 25.6 Å². The molecule has 25 heavy (non-hydrogen) atoms. The van der Waals surface area contributed by atoms with Crippen LogP contribution in [0.3, 0.4) is 0 Å². The van der Waals surface area contributed by atoms with Gasteiger partial charge in [-0.2, -0.15) is 0 Å². The second-order valence-electron chi connectivity index (χ2n) is 6.67. The van der Waals surface area contributed by atoms with Gasteiger partial charge in [0.25, 0.3) is 5.91 Å². The minimum absolute atomic E-state index is 0.0149. The van der Waals surface area contributed by atoms with E-state index in [2.05, 4.69) is 14.9 Å². The van der Waals surface area contributed by atoms with Crippen LogP contribution in [0.4, 0.5) is 5.95 Å². The summed E-state index contributed by atoms with van der Waals surface area (Å²) in [5.74, 6) is 0.185. The van der Waals surface area contributed by atoms with Crippen molar-refractivity contribution >= 4 is 11.9 Å². The first kappa shape index (κ1) is 16.7. The second-order valence-corrected chi connectivity index (χ2v) is 6.67. The highest BCUT2D eigenvalue weighted by atomic mass is 16.7. The van der Waals surface area contributed by atoms with Crippen LogP contribution >= 0.6 is 0 Å². The first-order chi connectivity index (χ1) is 12.2. The van der Waals surface area contributed by atoms with Gasteiger partial charge in [0, 0.05) is 45.2 Å². The molecular weight excluding hydrogens is 324 g/mol. The van der Waals surface area contributed by atoms with Gasteiger partial charge in [-0.05, 0) is 6.92 Å². The van der Waals surface area contributed by atoms with Crippen LogP contribution in [0.1, 0.15) is 28.9 Å². The maximum absolute atomic E-state index is 12.8. The van der Waals surface area contributed by atoms with Gasteiger partial charge >= 0.3 is 0 Å². The molecule has 1 aromatic rings. The number of carbonyl (C=O) groups is 1. The van der Waals surface area contributed by atoms with Crippen LogP contribution in [0.5, 0.6) is 0 Å². The lowest BCUT2D eigenvalue weighted by Crippen LogP contribution is -2.47. The number of piperidine rings is 1. The van der Waals surface area contributed by atoms with Gasteiger partial charge in [0.2, 0.25) is 5.95 Å². The summed E-state index contributed by atoms with van der Waals surface area (Å²) in [7, 11) is 0. The van der Waals surface area contributed by atoms with E-state index in [-0.39, 0.29) is 5.91 Å². The molecule has 136 valence electrons. The Morgan fingerprint density at radius 1 is 1.08 bits per heavy atom. The summed E-state index contributed by atoms with van der Waals surface area (Å²) in [4.78, 5) is 25.7. The van der Waals surface area contributed by atoms with Crippen molar-refractivity contribution in [2.75, 3.05) is 57.5 Å². The highest BCUT2D eigenvalue weighted by molar-refractivity contribution is 5.95. The predicted octanol–water partition coefficient (Wildman–Crippen LogP) is 0.601. The molecule has 4 heterocycles. The van der Waals surface area contributed by atoms with Gasteiger partial charge in [0.15, 0.2) is 5.79 Å². The number of morpholine rings is 1. The van der Waals surface area contributed by atoms with E-state index in [0.717, 1.165) is 18.8 Å². The van der Waals surface area contributed by atoms with Crippen molar-refractivity contribution in [3.63, 3.8) is 0 Å². The molecule has 1 amide bonds. The second kappa shape index (κ2) is 6.86. The summed E-state index contributed by atoms with van der Waals surface area (Å²) in [6.45, 7) is 7.33. The van der Waals surface area contributed by atoms with E-state index in [1.54, 1.807) is 6.20 Å². The summed E-state index contributed by atoms with van der Waals surface area (Å²) in [6.07, 6.45) is 3.08. The first-order valence-electron chi connectivity index (χ1n) is 8.90. The number of likely N-dealkylation sites (tertiary alicyclic amines) is 1. The van der Waals surface area contributed by atoms with E-state index in [4.69, 9.17) is 14.2 Å². The Morgan fingerprint density at radius 2 is 1.76 bits per heavy atom. The number of hydrogen-bond acceptors (Lipinski definition) is 7.